The zero-order chi connectivity index (χ0) is 10.8. The third-order valence-corrected chi connectivity index (χ3v) is 3.36. The van der Waals surface area contributed by atoms with Gasteiger partial charge in [0.25, 0.3) is 0 Å². The first-order chi connectivity index (χ1) is 7.18. The Balaban J connectivity index is 1.98. The van der Waals surface area contributed by atoms with E-state index in [-0.39, 0.29) is 17.7 Å². The molecule has 0 aromatic heterocycles. The maximum Gasteiger partial charge on any atom is 0.225 e. The van der Waals surface area contributed by atoms with E-state index >= 15 is 0 Å². The fourth-order valence-corrected chi connectivity index (χ4v) is 2.40. The molecule has 2 aliphatic rings. The van der Waals surface area contributed by atoms with Crippen molar-refractivity contribution in [3.63, 3.8) is 0 Å². The quantitative estimate of drug-likeness (QED) is 0.710. The molecule has 1 amide bonds. The number of hydrogen-bond donors (Lipinski definition) is 0. The van der Waals surface area contributed by atoms with E-state index in [2.05, 4.69) is 0 Å². The lowest BCUT2D eigenvalue weighted by Gasteiger charge is -2.35. The van der Waals surface area contributed by atoms with Crippen LogP contribution in [0.25, 0.3) is 0 Å². The van der Waals surface area contributed by atoms with Gasteiger partial charge in [0.1, 0.15) is 5.78 Å². The van der Waals surface area contributed by atoms with Crippen molar-refractivity contribution in [1.82, 2.24) is 4.90 Å². The molecule has 0 bridgehead atoms. The second-order valence-corrected chi connectivity index (χ2v) is 4.86. The van der Waals surface area contributed by atoms with E-state index in [0.29, 0.717) is 12.3 Å². The highest BCUT2D eigenvalue weighted by Crippen LogP contribution is 2.33. The molecule has 15 heavy (non-hydrogen) atoms. The minimum Gasteiger partial charge on any atom is -0.339 e. The molecule has 1 atom stereocenters. The molecule has 1 aliphatic heterocycles. The standard InChI is InChI=1S/C12H19NO2/c1-9(14)8-11-4-2-3-7-13(11)12(15)10-5-6-10/h10-11H,2-8H2,1H3. The van der Waals surface area contributed by atoms with Gasteiger partial charge in [-0.1, -0.05) is 0 Å². The van der Waals surface area contributed by atoms with Gasteiger partial charge in [-0.05, 0) is 39.0 Å². The van der Waals surface area contributed by atoms with Gasteiger partial charge in [-0.15, -0.1) is 0 Å². The normalized spacial score (nSPS) is 26.5. The number of likely N-dealkylation sites (tertiary alicyclic amines) is 1. The molecule has 3 nitrogen and oxygen atoms in total. The number of carbonyl (C=O) groups excluding carboxylic acids is 2. The lowest BCUT2D eigenvalue weighted by atomic mass is 9.97. The van der Waals surface area contributed by atoms with Gasteiger partial charge in [0.05, 0.1) is 0 Å². The smallest absolute Gasteiger partial charge is 0.225 e. The van der Waals surface area contributed by atoms with Crippen LogP contribution in [0.15, 0.2) is 0 Å². The topological polar surface area (TPSA) is 37.4 Å². The van der Waals surface area contributed by atoms with Crippen LogP contribution in [0.4, 0.5) is 0 Å². The van der Waals surface area contributed by atoms with Crippen LogP contribution in [-0.4, -0.2) is 29.2 Å². The lowest BCUT2D eigenvalue weighted by Crippen LogP contribution is -2.45. The average molecular weight is 209 g/mol. The molecule has 1 saturated heterocycles. The second kappa shape index (κ2) is 4.33. The summed E-state index contributed by atoms with van der Waals surface area (Å²) in [5.41, 5.74) is 0. The van der Waals surface area contributed by atoms with Crippen LogP contribution >= 0.6 is 0 Å². The van der Waals surface area contributed by atoms with E-state index in [1.54, 1.807) is 6.92 Å². The van der Waals surface area contributed by atoms with Gasteiger partial charge in [-0.2, -0.15) is 0 Å². The highest BCUT2D eigenvalue weighted by Gasteiger charge is 2.37. The summed E-state index contributed by atoms with van der Waals surface area (Å²) in [5.74, 6) is 0.800. The van der Waals surface area contributed by atoms with Crippen LogP contribution in [0.2, 0.25) is 0 Å². The van der Waals surface area contributed by atoms with Crippen LogP contribution in [0.1, 0.15) is 45.4 Å². The van der Waals surface area contributed by atoms with Crippen molar-refractivity contribution in [3.8, 4) is 0 Å². The van der Waals surface area contributed by atoms with Crippen molar-refractivity contribution in [3.05, 3.63) is 0 Å². The first-order valence-electron chi connectivity index (χ1n) is 5.98. The number of hydrogen-bond acceptors (Lipinski definition) is 2. The maximum absolute atomic E-state index is 12.0. The highest BCUT2D eigenvalue weighted by molar-refractivity contribution is 5.83. The van der Waals surface area contributed by atoms with Crippen molar-refractivity contribution in [1.29, 1.82) is 0 Å². The molecule has 2 rings (SSSR count). The van der Waals surface area contributed by atoms with Gasteiger partial charge < -0.3 is 4.90 Å². The van der Waals surface area contributed by atoms with E-state index in [1.807, 2.05) is 4.90 Å². The van der Waals surface area contributed by atoms with E-state index in [1.165, 1.54) is 0 Å². The van der Waals surface area contributed by atoms with Crippen molar-refractivity contribution >= 4 is 11.7 Å². The molecule has 0 aromatic rings. The number of Topliss-reactive ketones (excluding diaryl/α,β-unsaturated/α-hetero) is 1. The van der Waals surface area contributed by atoms with Gasteiger partial charge in [-0.25, -0.2) is 0 Å². The molecule has 2 fully saturated rings. The van der Waals surface area contributed by atoms with E-state index in [0.717, 1.165) is 38.6 Å². The summed E-state index contributed by atoms with van der Waals surface area (Å²) in [7, 11) is 0. The Kier molecular flexibility index (Phi) is 3.08. The van der Waals surface area contributed by atoms with Gasteiger partial charge in [0.2, 0.25) is 5.91 Å². The van der Waals surface area contributed by atoms with Gasteiger partial charge >= 0.3 is 0 Å². The van der Waals surface area contributed by atoms with Crippen molar-refractivity contribution in [2.45, 2.75) is 51.5 Å². The fourth-order valence-electron chi connectivity index (χ4n) is 2.40. The molecule has 1 aliphatic carbocycles. The summed E-state index contributed by atoms with van der Waals surface area (Å²) < 4.78 is 0. The van der Waals surface area contributed by atoms with Crippen molar-refractivity contribution in [2.24, 2.45) is 5.92 Å². The Labute approximate surface area is 90.8 Å². The van der Waals surface area contributed by atoms with Crippen LogP contribution in [0, 0.1) is 5.92 Å². The van der Waals surface area contributed by atoms with Gasteiger partial charge in [-0.3, -0.25) is 9.59 Å². The summed E-state index contributed by atoms with van der Waals surface area (Å²) in [4.78, 5) is 25.1. The third-order valence-electron chi connectivity index (χ3n) is 3.36. The summed E-state index contributed by atoms with van der Waals surface area (Å²) in [6.45, 7) is 2.49. The number of rotatable bonds is 3. The van der Waals surface area contributed by atoms with Crippen LogP contribution in [0.5, 0.6) is 0 Å². The van der Waals surface area contributed by atoms with E-state index < -0.39 is 0 Å². The monoisotopic (exact) mass is 209 g/mol. The molecular formula is C12H19NO2. The Morgan fingerprint density at radius 1 is 1.20 bits per heavy atom. The highest BCUT2D eigenvalue weighted by atomic mass is 16.2. The Bertz CT molecular complexity index is 271. The average Bonchev–Trinajstić information content (AvgIpc) is 3.00. The van der Waals surface area contributed by atoms with Crippen molar-refractivity contribution in [2.75, 3.05) is 6.54 Å². The fraction of sp³-hybridized carbons (Fsp3) is 0.833. The van der Waals surface area contributed by atoms with Crippen LogP contribution in [-0.2, 0) is 9.59 Å². The van der Waals surface area contributed by atoms with E-state index in [4.69, 9.17) is 0 Å². The first kappa shape index (κ1) is 10.7. The Hall–Kier alpha value is -0.860. The third kappa shape index (κ3) is 2.58. The SMILES string of the molecule is CC(=O)CC1CCCCN1C(=O)C1CC1. The predicted molar refractivity (Wildman–Crippen MR) is 57.4 cm³/mol. The number of amides is 1. The van der Waals surface area contributed by atoms with Crippen LogP contribution < -0.4 is 0 Å². The largest absolute Gasteiger partial charge is 0.339 e. The number of ketones is 1. The van der Waals surface area contributed by atoms with E-state index in [9.17, 15) is 9.59 Å². The zero-order valence-electron chi connectivity index (χ0n) is 9.37. The molecular weight excluding hydrogens is 190 g/mol. The Morgan fingerprint density at radius 3 is 2.53 bits per heavy atom. The minimum atomic E-state index is 0.198. The lowest BCUT2D eigenvalue weighted by molar-refractivity contribution is -0.137. The van der Waals surface area contributed by atoms with Gasteiger partial charge in [0.15, 0.2) is 0 Å². The summed E-state index contributed by atoms with van der Waals surface area (Å²) in [6.07, 6.45) is 5.94. The molecule has 0 spiro atoms. The summed E-state index contributed by atoms with van der Waals surface area (Å²) >= 11 is 0. The van der Waals surface area contributed by atoms with Crippen molar-refractivity contribution < 1.29 is 9.59 Å². The number of piperidine rings is 1. The molecule has 1 saturated carbocycles. The van der Waals surface area contributed by atoms with Crippen LogP contribution in [0.3, 0.4) is 0 Å². The maximum atomic E-state index is 12.0. The molecule has 0 aromatic carbocycles. The zero-order valence-corrected chi connectivity index (χ0v) is 9.37. The predicted octanol–water partition coefficient (Wildman–Crippen LogP) is 1.76. The number of carbonyl (C=O) groups is 2. The molecule has 0 radical (unpaired) electrons. The molecule has 84 valence electrons. The first-order valence-corrected chi connectivity index (χ1v) is 5.98. The summed E-state index contributed by atoms with van der Waals surface area (Å²) in [6, 6.07) is 0.198. The minimum absolute atomic E-state index is 0.198. The summed E-state index contributed by atoms with van der Waals surface area (Å²) in [5, 5.41) is 0. The molecule has 1 unspecified atom stereocenters. The van der Waals surface area contributed by atoms with Gasteiger partial charge in [0, 0.05) is 24.9 Å². The molecule has 3 heteroatoms. The second-order valence-electron chi connectivity index (χ2n) is 4.86. The molecule has 1 heterocycles. The number of nitrogens with zero attached hydrogens (tertiary/aromatic N) is 1. The Morgan fingerprint density at radius 2 is 1.93 bits per heavy atom. The molecule has 0 N–H and O–H groups in total.